The Labute approximate surface area is 199 Å². The van der Waals surface area contributed by atoms with Gasteiger partial charge in [-0.1, -0.05) is 23.7 Å². The van der Waals surface area contributed by atoms with E-state index in [1.165, 1.54) is 30.3 Å². The molecule has 0 aliphatic heterocycles. The van der Waals surface area contributed by atoms with Crippen molar-refractivity contribution in [2.24, 2.45) is 0 Å². The van der Waals surface area contributed by atoms with Crippen molar-refractivity contribution in [2.45, 2.75) is 13.5 Å². The number of nitriles is 1. The van der Waals surface area contributed by atoms with Crippen LogP contribution in [0, 0.1) is 31.6 Å². The zero-order valence-electron chi connectivity index (χ0n) is 17.9. The quantitative estimate of drug-likeness (QED) is 0.154. The summed E-state index contributed by atoms with van der Waals surface area (Å²) in [5, 5.41) is 31.7. The molecule has 34 heavy (non-hydrogen) atoms. The summed E-state index contributed by atoms with van der Waals surface area (Å²) in [5.41, 5.74) is 1.70. The molecule has 0 radical (unpaired) electrons. The van der Waals surface area contributed by atoms with Crippen LogP contribution in [0.5, 0.6) is 11.5 Å². The predicted octanol–water partition coefficient (Wildman–Crippen LogP) is 6.20. The number of nitro benzene ring substituents is 2. The van der Waals surface area contributed by atoms with Crippen molar-refractivity contribution < 1.29 is 19.3 Å². The van der Waals surface area contributed by atoms with E-state index in [9.17, 15) is 25.5 Å². The third-order valence-corrected chi connectivity index (χ3v) is 4.94. The topological polar surface area (TPSA) is 129 Å². The number of halogens is 1. The van der Waals surface area contributed by atoms with Crippen LogP contribution in [0.4, 0.5) is 11.4 Å². The van der Waals surface area contributed by atoms with E-state index < -0.39 is 9.85 Å². The fourth-order valence-electron chi connectivity index (χ4n) is 3.08. The van der Waals surface area contributed by atoms with E-state index in [0.29, 0.717) is 29.0 Å². The first-order valence-corrected chi connectivity index (χ1v) is 10.4. The third-order valence-electron chi connectivity index (χ3n) is 4.66. The standard InChI is InChI=1S/C24H18ClN3O6/c1-2-33-23-12-17(10-19(14-26)18-4-3-5-21(13-18)28(31)32)11-22(25)24(23)34-15-16-6-8-20(9-7-16)27(29)30/h3-13H,2,15H2,1H3. The van der Waals surface area contributed by atoms with E-state index in [4.69, 9.17) is 21.1 Å². The molecule has 9 nitrogen and oxygen atoms in total. The predicted molar refractivity (Wildman–Crippen MR) is 127 cm³/mol. The Morgan fingerprint density at radius 3 is 2.35 bits per heavy atom. The van der Waals surface area contributed by atoms with Crippen molar-refractivity contribution in [3.8, 4) is 17.6 Å². The number of benzene rings is 3. The molecule has 0 amide bonds. The van der Waals surface area contributed by atoms with E-state index in [-0.39, 0.29) is 34.3 Å². The number of nitro groups is 2. The minimum absolute atomic E-state index is 0.0232. The molecular formula is C24H18ClN3O6. The molecule has 0 heterocycles. The van der Waals surface area contributed by atoms with Gasteiger partial charge in [-0.2, -0.15) is 5.26 Å². The Morgan fingerprint density at radius 2 is 1.74 bits per heavy atom. The molecule has 0 aromatic heterocycles. The summed E-state index contributed by atoms with van der Waals surface area (Å²) in [5.74, 6) is 0.632. The van der Waals surface area contributed by atoms with E-state index in [2.05, 4.69) is 6.07 Å². The maximum Gasteiger partial charge on any atom is 0.270 e. The SMILES string of the molecule is CCOc1cc(C=C(C#N)c2cccc([N+](=O)[O-])c2)cc(Cl)c1OCc1ccc([N+](=O)[O-])cc1. The molecule has 0 aliphatic carbocycles. The molecule has 0 N–H and O–H groups in total. The largest absolute Gasteiger partial charge is 0.490 e. The zero-order valence-corrected chi connectivity index (χ0v) is 18.7. The van der Waals surface area contributed by atoms with E-state index in [1.54, 1.807) is 43.3 Å². The second kappa shape index (κ2) is 10.9. The van der Waals surface area contributed by atoms with Crippen molar-refractivity contribution >= 4 is 34.6 Å². The summed E-state index contributed by atoms with van der Waals surface area (Å²) in [6, 6.07) is 17.0. The summed E-state index contributed by atoms with van der Waals surface area (Å²) in [7, 11) is 0. The summed E-state index contributed by atoms with van der Waals surface area (Å²) < 4.78 is 11.5. The highest BCUT2D eigenvalue weighted by molar-refractivity contribution is 6.32. The maximum atomic E-state index is 11.1. The van der Waals surface area contributed by atoms with Gasteiger partial charge in [-0.05, 0) is 54.0 Å². The lowest BCUT2D eigenvalue weighted by atomic mass is 10.0. The molecule has 0 atom stereocenters. The van der Waals surface area contributed by atoms with Gasteiger partial charge in [0.05, 0.1) is 33.1 Å². The molecule has 0 unspecified atom stereocenters. The minimum Gasteiger partial charge on any atom is -0.490 e. The molecule has 172 valence electrons. The van der Waals surface area contributed by atoms with Crippen LogP contribution in [0.25, 0.3) is 11.6 Å². The molecule has 3 aromatic rings. The smallest absolute Gasteiger partial charge is 0.270 e. The van der Waals surface area contributed by atoms with Gasteiger partial charge in [0.2, 0.25) is 0 Å². The van der Waals surface area contributed by atoms with Gasteiger partial charge in [-0.3, -0.25) is 20.2 Å². The second-order valence-corrected chi connectivity index (χ2v) is 7.36. The van der Waals surface area contributed by atoms with Gasteiger partial charge in [0, 0.05) is 24.3 Å². The van der Waals surface area contributed by atoms with Gasteiger partial charge in [0.25, 0.3) is 11.4 Å². The van der Waals surface area contributed by atoms with Gasteiger partial charge >= 0.3 is 0 Å². The lowest BCUT2D eigenvalue weighted by Crippen LogP contribution is -2.01. The zero-order chi connectivity index (χ0) is 24.7. The van der Waals surface area contributed by atoms with Crippen LogP contribution in [-0.2, 0) is 6.61 Å². The van der Waals surface area contributed by atoms with Crippen LogP contribution in [0.2, 0.25) is 5.02 Å². The van der Waals surface area contributed by atoms with Crippen LogP contribution in [-0.4, -0.2) is 16.5 Å². The van der Waals surface area contributed by atoms with Crippen molar-refractivity contribution in [1.82, 2.24) is 0 Å². The van der Waals surface area contributed by atoms with Crippen molar-refractivity contribution in [3.63, 3.8) is 0 Å². The minimum atomic E-state index is -0.528. The Hall–Kier alpha value is -4.42. The van der Waals surface area contributed by atoms with Crippen LogP contribution in [0.15, 0.2) is 60.7 Å². The van der Waals surface area contributed by atoms with Gasteiger partial charge in [0.1, 0.15) is 6.61 Å². The Balaban J connectivity index is 1.90. The van der Waals surface area contributed by atoms with Gasteiger partial charge in [0.15, 0.2) is 11.5 Å². The number of nitrogens with zero attached hydrogens (tertiary/aromatic N) is 3. The monoisotopic (exact) mass is 479 g/mol. The molecule has 0 fully saturated rings. The number of allylic oxidation sites excluding steroid dienone is 1. The molecule has 3 aromatic carbocycles. The third kappa shape index (κ3) is 5.88. The lowest BCUT2D eigenvalue weighted by molar-refractivity contribution is -0.385. The summed E-state index contributed by atoms with van der Waals surface area (Å²) in [6.07, 6.45) is 1.55. The molecule has 0 bridgehead atoms. The van der Waals surface area contributed by atoms with Crippen LogP contribution in [0.1, 0.15) is 23.6 Å². The Kier molecular flexibility index (Phi) is 7.79. The number of ether oxygens (including phenoxy) is 2. The van der Waals surface area contributed by atoms with Crippen LogP contribution >= 0.6 is 11.6 Å². The number of hydrogen-bond acceptors (Lipinski definition) is 7. The molecule has 0 saturated heterocycles. The first-order valence-electron chi connectivity index (χ1n) is 10.0. The highest BCUT2D eigenvalue weighted by Gasteiger charge is 2.15. The average molecular weight is 480 g/mol. The molecule has 0 aliphatic rings. The Bertz CT molecular complexity index is 1300. The van der Waals surface area contributed by atoms with Crippen LogP contribution in [0.3, 0.4) is 0 Å². The Morgan fingerprint density at radius 1 is 1.03 bits per heavy atom. The van der Waals surface area contributed by atoms with Gasteiger partial charge in [-0.25, -0.2) is 0 Å². The lowest BCUT2D eigenvalue weighted by Gasteiger charge is -2.15. The molecule has 0 saturated carbocycles. The number of hydrogen-bond donors (Lipinski definition) is 0. The molecule has 0 spiro atoms. The van der Waals surface area contributed by atoms with E-state index in [0.717, 1.165) is 0 Å². The summed E-state index contributed by atoms with van der Waals surface area (Å²) in [4.78, 5) is 20.9. The average Bonchev–Trinajstić information content (AvgIpc) is 2.82. The maximum absolute atomic E-state index is 11.1. The molecular weight excluding hydrogens is 462 g/mol. The molecule has 10 heteroatoms. The van der Waals surface area contributed by atoms with Crippen LogP contribution < -0.4 is 9.47 Å². The second-order valence-electron chi connectivity index (χ2n) is 6.95. The number of non-ortho nitro benzene ring substituents is 2. The summed E-state index contributed by atoms with van der Waals surface area (Å²) in [6.45, 7) is 2.22. The first kappa shape index (κ1) is 24.2. The van der Waals surface area contributed by atoms with Gasteiger partial charge < -0.3 is 9.47 Å². The van der Waals surface area contributed by atoms with Crippen molar-refractivity contribution in [1.29, 1.82) is 5.26 Å². The van der Waals surface area contributed by atoms with E-state index >= 15 is 0 Å². The number of rotatable bonds is 9. The normalized spacial score (nSPS) is 10.9. The highest BCUT2D eigenvalue weighted by atomic mass is 35.5. The fraction of sp³-hybridized carbons (Fsp3) is 0.125. The van der Waals surface area contributed by atoms with Crippen molar-refractivity contribution in [3.05, 3.63) is 103 Å². The van der Waals surface area contributed by atoms with Crippen molar-refractivity contribution in [2.75, 3.05) is 6.61 Å². The van der Waals surface area contributed by atoms with E-state index in [1.807, 2.05) is 0 Å². The first-order chi connectivity index (χ1) is 16.3. The van der Waals surface area contributed by atoms with Gasteiger partial charge in [-0.15, -0.1) is 0 Å². The highest BCUT2D eigenvalue weighted by Crippen LogP contribution is 2.38. The fourth-order valence-corrected chi connectivity index (χ4v) is 3.35. The summed E-state index contributed by atoms with van der Waals surface area (Å²) >= 11 is 6.45. The molecule has 3 rings (SSSR count).